The lowest BCUT2D eigenvalue weighted by Gasteiger charge is -2.18. The maximum absolute atomic E-state index is 12.5. The van der Waals surface area contributed by atoms with Crippen LogP contribution in [0.15, 0.2) is 4.79 Å². The third-order valence-corrected chi connectivity index (χ3v) is 5.55. The fourth-order valence-electron chi connectivity index (χ4n) is 3.16. The van der Waals surface area contributed by atoms with E-state index in [-0.39, 0.29) is 11.5 Å². The van der Waals surface area contributed by atoms with Crippen LogP contribution in [0.4, 0.5) is 0 Å². The number of ether oxygens (including phenoxy) is 1. The van der Waals surface area contributed by atoms with Crippen LogP contribution in [0.2, 0.25) is 0 Å². The Kier molecular flexibility index (Phi) is 5.30. The molecule has 0 bridgehead atoms. The molecule has 2 aromatic rings. The molecule has 0 aromatic carbocycles. The standard InChI is InChI=1S/C17H23N3O3S/c1-3-23-17(22)14-11(2)13-15(21)18-12(19-16(13)24-14)10-20-8-6-4-5-7-9-20/h3-10H2,1-2H3,(H,18,19,21). The fourth-order valence-corrected chi connectivity index (χ4v) is 4.26. The van der Waals surface area contributed by atoms with Crippen LogP contribution in [0.3, 0.4) is 0 Å². The predicted molar refractivity (Wildman–Crippen MR) is 94.7 cm³/mol. The summed E-state index contributed by atoms with van der Waals surface area (Å²) < 4.78 is 5.07. The number of carbonyl (C=O) groups is 1. The van der Waals surface area contributed by atoms with E-state index in [1.807, 2.05) is 0 Å². The number of thiophene rings is 1. The topological polar surface area (TPSA) is 75.3 Å². The highest BCUT2D eigenvalue weighted by atomic mass is 32.1. The Bertz CT molecular complexity index is 788. The van der Waals surface area contributed by atoms with Gasteiger partial charge in [0.05, 0.1) is 18.5 Å². The summed E-state index contributed by atoms with van der Waals surface area (Å²) in [5.74, 6) is 0.289. The van der Waals surface area contributed by atoms with Gasteiger partial charge in [-0.05, 0) is 45.3 Å². The Hall–Kier alpha value is -1.73. The minimum absolute atomic E-state index is 0.172. The second-order valence-electron chi connectivity index (χ2n) is 6.16. The van der Waals surface area contributed by atoms with E-state index in [4.69, 9.17) is 4.74 Å². The third kappa shape index (κ3) is 3.52. The van der Waals surface area contributed by atoms with E-state index < -0.39 is 0 Å². The second kappa shape index (κ2) is 7.44. The number of nitrogens with zero attached hydrogens (tertiary/aromatic N) is 2. The lowest BCUT2D eigenvalue weighted by Crippen LogP contribution is -2.26. The maximum Gasteiger partial charge on any atom is 0.348 e. The van der Waals surface area contributed by atoms with Crippen LogP contribution in [0.5, 0.6) is 0 Å². The van der Waals surface area contributed by atoms with Crippen LogP contribution in [0.25, 0.3) is 10.2 Å². The van der Waals surface area contributed by atoms with Crippen molar-refractivity contribution in [3.63, 3.8) is 0 Å². The lowest BCUT2D eigenvalue weighted by atomic mass is 10.2. The number of carbonyl (C=O) groups excluding carboxylic acids is 1. The Morgan fingerprint density at radius 3 is 2.67 bits per heavy atom. The average Bonchev–Trinajstić information content (AvgIpc) is 2.71. The second-order valence-corrected chi connectivity index (χ2v) is 7.16. The first-order chi connectivity index (χ1) is 11.6. The third-order valence-electron chi connectivity index (χ3n) is 4.38. The molecule has 1 saturated heterocycles. The monoisotopic (exact) mass is 349 g/mol. The number of fused-ring (bicyclic) bond motifs is 1. The molecule has 1 fully saturated rings. The van der Waals surface area contributed by atoms with Crippen molar-refractivity contribution in [2.75, 3.05) is 19.7 Å². The molecule has 0 unspecified atom stereocenters. The van der Waals surface area contributed by atoms with Gasteiger partial charge in [0.25, 0.3) is 5.56 Å². The molecule has 7 heteroatoms. The molecule has 130 valence electrons. The number of H-pyrrole nitrogens is 1. The Labute approximate surface area is 144 Å². The number of likely N-dealkylation sites (tertiary alicyclic amines) is 1. The summed E-state index contributed by atoms with van der Waals surface area (Å²) in [6.45, 7) is 6.59. The molecule has 0 aliphatic carbocycles. The van der Waals surface area contributed by atoms with Crippen LogP contribution < -0.4 is 5.56 Å². The van der Waals surface area contributed by atoms with Crippen LogP contribution in [-0.4, -0.2) is 40.5 Å². The highest BCUT2D eigenvalue weighted by molar-refractivity contribution is 7.20. The number of hydrogen-bond donors (Lipinski definition) is 1. The van der Waals surface area contributed by atoms with Gasteiger partial charge in [-0.2, -0.15) is 0 Å². The first kappa shape index (κ1) is 17.1. The summed E-state index contributed by atoms with van der Waals surface area (Å²) in [4.78, 5) is 35.4. The lowest BCUT2D eigenvalue weighted by molar-refractivity contribution is 0.0531. The zero-order chi connectivity index (χ0) is 17.1. The molecule has 1 N–H and O–H groups in total. The van der Waals surface area contributed by atoms with Crippen LogP contribution in [-0.2, 0) is 11.3 Å². The van der Waals surface area contributed by atoms with Gasteiger partial charge in [0.1, 0.15) is 15.5 Å². The van der Waals surface area contributed by atoms with E-state index in [2.05, 4.69) is 14.9 Å². The minimum atomic E-state index is -0.383. The molecule has 0 saturated carbocycles. The number of nitrogens with one attached hydrogen (secondary N) is 1. The van der Waals surface area contributed by atoms with Crippen molar-refractivity contribution in [1.82, 2.24) is 14.9 Å². The van der Waals surface area contributed by atoms with Gasteiger partial charge in [-0.1, -0.05) is 12.8 Å². The average molecular weight is 349 g/mol. The van der Waals surface area contributed by atoms with Gasteiger partial charge in [-0.15, -0.1) is 11.3 Å². The number of aryl methyl sites for hydroxylation is 1. The van der Waals surface area contributed by atoms with Crippen molar-refractivity contribution in [3.8, 4) is 0 Å². The van der Waals surface area contributed by atoms with Gasteiger partial charge < -0.3 is 9.72 Å². The molecule has 1 aliphatic heterocycles. The highest BCUT2D eigenvalue weighted by Crippen LogP contribution is 2.27. The van der Waals surface area contributed by atoms with Crippen molar-refractivity contribution in [2.24, 2.45) is 0 Å². The molecule has 3 heterocycles. The highest BCUT2D eigenvalue weighted by Gasteiger charge is 2.20. The van der Waals surface area contributed by atoms with Crippen molar-refractivity contribution < 1.29 is 9.53 Å². The zero-order valence-corrected chi connectivity index (χ0v) is 15.0. The molecule has 0 radical (unpaired) electrons. The van der Waals surface area contributed by atoms with E-state index in [0.29, 0.717) is 39.6 Å². The summed E-state index contributed by atoms with van der Waals surface area (Å²) >= 11 is 1.24. The molecule has 0 atom stereocenters. The number of esters is 1. The Morgan fingerprint density at radius 1 is 1.29 bits per heavy atom. The van der Waals surface area contributed by atoms with E-state index in [0.717, 1.165) is 13.1 Å². The van der Waals surface area contributed by atoms with Crippen LogP contribution in [0.1, 0.15) is 53.7 Å². The smallest absolute Gasteiger partial charge is 0.348 e. The number of hydrogen-bond acceptors (Lipinski definition) is 6. The van der Waals surface area contributed by atoms with E-state index in [9.17, 15) is 9.59 Å². The molecule has 0 spiro atoms. The summed E-state index contributed by atoms with van der Waals surface area (Å²) in [7, 11) is 0. The fraction of sp³-hybridized carbons (Fsp3) is 0.588. The van der Waals surface area contributed by atoms with E-state index in [1.165, 1.54) is 37.0 Å². The number of aromatic nitrogens is 2. The van der Waals surface area contributed by atoms with E-state index >= 15 is 0 Å². The van der Waals surface area contributed by atoms with Crippen molar-refractivity contribution in [1.29, 1.82) is 0 Å². The van der Waals surface area contributed by atoms with E-state index in [1.54, 1.807) is 13.8 Å². The van der Waals surface area contributed by atoms with Gasteiger partial charge in [-0.3, -0.25) is 9.69 Å². The first-order valence-electron chi connectivity index (χ1n) is 8.52. The summed E-state index contributed by atoms with van der Waals surface area (Å²) in [6.07, 6.45) is 4.92. The normalized spacial score (nSPS) is 16.2. The Morgan fingerprint density at radius 2 is 2.00 bits per heavy atom. The summed E-state index contributed by atoms with van der Waals surface area (Å²) in [5.41, 5.74) is 0.484. The van der Waals surface area contributed by atoms with Gasteiger partial charge in [-0.25, -0.2) is 9.78 Å². The maximum atomic E-state index is 12.5. The van der Waals surface area contributed by atoms with Crippen LogP contribution >= 0.6 is 11.3 Å². The zero-order valence-electron chi connectivity index (χ0n) is 14.2. The van der Waals surface area contributed by atoms with Crippen molar-refractivity contribution in [2.45, 2.75) is 46.1 Å². The SMILES string of the molecule is CCOC(=O)c1sc2nc(CN3CCCCCC3)[nH]c(=O)c2c1C. The quantitative estimate of drug-likeness (QED) is 0.859. The van der Waals surface area contributed by atoms with Gasteiger partial charge in [0.15, 0.2) is 0 Å². The molecule has 1 aliphatic rings. The van der Waals surface area contributed by atoms with Crippen molar-refractivity contribution in [3.05, 3.63) is 26.6 Å². The largest absolute Gasteiger partial charge is 0.462 e. The van der Waals surface area contributed by atoms with Gasteiger partial charge in [0.2, 0.25) is 0 Å². The molecule has 3 rings (SSSR count). The molecule has 6 nitrogen and oxygen atoms in total. The summed E-state index contributed by atoms with van der Waals surface area (Å²) in [5, 5.41) is 0.502. The van der Waals surface area contributed by atoms with Gasteiger partial charge in [0, 0.05) is 0 Å². The number of rotatable bonds is 4. The van der Waals surface area contributed by atoms with Crippen LogP contribution in [0, 0.1) is 6.92 Å². The predicted octanol–water partition coefficient (Wildman–Crippen LogP) is 2.85. The molecule has 2 aromatic heterocycles. The molecule has 24 heavy (non-hydrogen) atoms. The molecule has 0 amide bonds. The van der Waals surface area contributed by atoms with Crippen molar-refractivity contribution >= 4 is 27.5 Å². The summed E-state index contributed by atoms with van der Waals surface area (Å²) in [6, 6.07) is 0. The molecular formula is C17H23N3O3S. The number of aromatic amines is 1. The Balaban J connectivity index is 1.91. The first-order valence-corrected chi connectivity index (χ1v) is 9.33. The minimum Gasteiger partial charge on any atom is -0.462 e. The molecular weight excluding hydrogens is 326 g/mol. The van der Waals surface area contributed by atoms with Gasteiger partial charge >= 0.3 is 5.97 Å².